The van der Waals surface area contributed by atoms with E-state index in [-0.39, 0.29) is 11.8 Å². The van der Waals surface area contributed by atoms with Crippen molar-refractivity contribution < 1.29 is 9.90 Å². The second kappa shape index (κ2) is 7.14. The van der Waals surface area contributed by atoms with Gasteiger partial charge in [0.05, 0.1) is 10.7 Å². The zero-order valence-electron chi connectivity index (χ0n) is 13.6. The van der Waals surface area contributed by atoms with Gasteiger partial charge in [-0.25, -0.2) is 4.79 Å². The van der Waals surface area contributed by atoms with Gasteiger partial charge in [0.15, 0.2) is 0 Å². The number of hydrogen-bond donors (Lipinski definition) is 2. The average molecular weight is 345 g/mol. The summed E-state index contributed by atoms with van der Waals surface area (Å²) in [7, 11) is 0. The molecule has 3 rings (SSSR count). The Bertz CT molecular complexity index is 710. The summed E-state index contributed by atoms with van der Waals surface area (Å²) < 4.78 is 0. The molecule has 24 heavy (non-hydrogen) atoms. The van der Waals surface area contributed by atoms with Gasteiger partial charge in [0.25, 0.3) is 0 Å². The standard InChI is InChI=1S/C19H21ClN2O2/c1-13-3-2-4-17(20)18(13)21-19(24)22-10-9-15(12-22)11-14-5-7-16(23)8-6-14/h2-8,15,23H,9-12H2,1H3,(H,21,24). The molecule has 0 aromatic heterocycles. The van der Waals surface area contributed by atoms with Crippen LogP contribution < -0.4 is 5.32 Å². The third-order valence-electron chi connectivity index (χ3n) is 4.49. The molecule has 2 aromatic carbocycles. The topological polar surface area (TPSA) is 52.6 Å². The molecule has 126 valence electrons. The van der Waals surface area contributed by atoms with Crippen LogP contribution in [0.5, 0.6) is 5.75 Å². The van der Waals surface area contributed by atoms with Crippen molar-refractivity contribution in [2.45, 2.75) is 19.8 Å². The van der Waals surface area contributed by atoms with Crippen LogP contribution in [0.3, 0.4) is 0 Å². The van der Waals surface area contributed by atoms with Crippen molar-refractivity contribution in [3.05, 3.63) is 58.6 Å². The van der Waals surface area contributed by atoms with Crippen LogP contribution in [0.15, 0.2) is 42.5 Å². The number of aromatic hydroxyl groups is 1. The molecule has 2 aromatic rings. The maximum Gasteiger partial charge on any atom is 0.321 e. The minimum Gasteiger partial charge on any atom is -0.508 e. The molecule has 0 radical (unpaired) electrons. The summed E-state index contributed by atoms with van der Waals surface area (Å²) in [6, 6.07) is 12.8. The van der Waals surface area contributed by atoms with Gasteiger partial charge in [-0.15, -0.1) is 0 Å². The van der Waals surface area contributed by atoms with Crippen LogP contribution in [-0.4, -0.2) is 29.1 Å². The first-order chi connectivity index (χ1) is 11.5. The number of rotatable bonds is 3. The Morgan fingerprint density at radius 3 is 2.75 bits per heavy atom. The van der Waals surface area contributed by atoms with Crippen LogP contribution in [0.4, 0.5) is 10.5 Å². The Morgan fingerprint density at radius 1 is 1.29 bits per heavy atom. The summed E-state index contributed by atoms with van der Waals surface area (Å²) in [5.74, 6) is 0.717. The monoisotopic (exact) mass is 344 g/mol. The molecule has 1 aliphatic rings. The lowest BCUT2D eigenvalue weighted by molar-refractivity contribution is 0.221. The number of carbonyl (C=O) groups is 1. The van der Waals surface area contributed by atoms with E-state index in [2.05, 4.69) is 5.32 Å². The van der Waals surface area contributed by atoms with Crippen molar-refractivity contribution in [1.29, 1.82) is 0 Å². The van der Waals surface area contributed by atoms with Crippen molar-refractivity contribution >= 4 is 23.3 Å². The Hall–Kier alpha value is -2.20. The lowest BCUT2D eigenvalue weighted by Gasteiger charge is -2.19. The fraction of sp³-hybridized carbons (Fsp3) is 0.316. The van der Waals surface area contributed by atoms with Gasteiger partial charge in [-0.2, -0.15) is 0 Å². The largest absolute Gasteiger partial charge is 0.508 e. The van der Waals surface area contributed by atoms with E-state index in [4.69, 9.17) is 11.6 Å². The zero-order valence-corrected chi connectivity index (χ0v) is 14.4. The maximum atomic E-state index is 12.5. The summed E-state index contributed by atoms with van der Waals surface area (Å²) >= 11 is 6.18. The average Bonchev–Trinajstić information content (AvgIpc) is 3.02. The van der Waals surface area contributed by atoms with Gasteiger partial charge in [-0.1, -0.05) is 35.9 Å². The highest BCUT2D eigenvalue weighted by atomic mass is 35.5. The van der Waals surface area contributed by atoms with E-state index in [0.717, 1.165) is 31.5 Å². The Morgan fingerprint density at radius 2 is 2.04 bits per heavy atom. The van der Waals surface area contributed by atoms with Gasteiger partial charge in [0, 0.05) is 13.1 Å². The number of hydrogen-bond acceptors (Lipinski definition) is 2. The minimum atomic E-state index is -0.0978. The number of benzene rings is 2. The number of amides is 2. The number of aryl methyl sites for hydroxylation is 1. The zero-order chi connectivity index (χ0) is 17.1. The van der Waals surface area contributed by atoms with Crippen molar-refractivity contribution in [2.24, 2.45) is 5.92 Å². The number of nitrogens with zero attached hydrogens (tertiary/aromatic N) is 1. The molecular formula is C19H21ClN2O2. The van der Waals surface area contributed by atoms with Crippen LogP contribution in [0.25, 0.3) is 0 Å². The molecule has 0 aliphatic carbocycles. The molecule has 1 fully saturated rings. The molecule has 0 spiro atoms. The number of likely N-dealkylation sites (tertiary alicyclic amines) is 1. The molecule has 1 atom stereocenters. The van der Waals surface area contributed by atoms with E-state index in [0.29, 0.717) is 16.6 Å². The fourth-order valence-corrected chi connectivity index (χ4v) is 3.39. The summed E-state index contributed by atoms with van der Waals surface area (Å²) in [5, 5.41) is 12.8. The molecule has 0 bridgehead atoms. The van der Waals surface area contributed by atoms with Gasteiger partial charge in [0.1, 0.15) is 5.75 Å². The SMILES string of the molecule is Cc1cccc(Cl)c1NC(=O)N1CCC(Cc2ccc(O)cc2)C1. The highest BCUT2D eigenvalue weighted by Gasteiger charge is 2.26. The van der Waals surface area contributed by atoms with E-state index in [1.54, 1.807) is 18.2 Å². The van der Waals surface area contributed by atoms with Crippen LogP contribution in [0.2, 0.25) is 5.02 Å². The smallest absolute Gasteiger partial charge is 0.321 e. The van der Waals surface area contributed by atoms with Gasteiger partial charge >= 0.3 is 6.03 Å². The number of phenols is 1. The number of carbonyl (C=O) groups excluding carboxylic acids is 1. The van der Waals surface area contributed by atoms with Gasteiger partial charge in [-0.3, -0.25) is 0 Å². The third-order valence-corrected chi connectivity index (χ3v) is 4.80. The van der Waals surface area contributed by atoms with Crippen molar-refractivity contribution in [3.63, 3.8) is 0 Å². The quantitative estimate of drug-likeness (QED) is 0.864. The van der Waals surface area contributed by atoms with E-state index in [1.807, 2.05) is 36.1 Å². The Labute approximate surface area is 147 Å². The normalized spacial score (nSPS) is 17.1. The number of anilines is 1. The molecule has 1 unspecified atom stereocenters. The number of nitrogens with one attached hydrogen (secondary N) is 1. The molecular weight excluding hydrogens is 324 g/mol. The highest BCUT2D eigenvalue weighted by Crippen LogP contribution is 2.27. The summed E-state index contributed by atoms with van der Waals surface area (Å²) in [6.45, 7) is 3.41. The first-order valence-corrected chi connectivity index (χ1v) is 8.49. The molecule has 1 aliphatic heterocycles. The van der Waals surface area contributed by atoms with Crippen LogP contribution >= 0.6 is 11.6 Å². The van der Waals surface area contributed by atoms with Crippen molar-refractivity contribution in [1.82, 2.24) is 4.90 Å². The number of urea groups is 1. The molecule has 0 saturated carbocycles. The third kappa shape index (κ3) is 3.82. The second-order valence-electron chi connectivity index (χ2n) is 6.33. The summed E-state index contributed by atoms with van der Waals surface area (Å²) in [6.07, 6.45) is 1.89. The van der Waals surface area contributed by atoms with Gasteiger partial charge in [-0.05, 0) is 55.0 Å². The molecule has 1 saturated heterocycles. The number of para-hydroxylation sites is 1. The molecule has 2 amide bonds. The predicted octanol–water partition coefficient (Wildman–Crippen LogP) is 4.45. The number of phenolic OH excluding ortho intramolecular Hbond substituents is 1. The summed E-state index contributed by atoms with van der Waals surface area (Å²) in [5.41, 5.74) is 2.82. The predicted molar refractivity (Wildman–Crippen MR) is 96.7 cm³/mol. The van der Waals surface area contributed by atoms with E-state index in [1.165, 1.54) is 5.56 Å². The molecule has 1 heterocycles. The number of halogens is 1. The highest BCUT2D eigenvalue weighted by molar-refractivity contribution is 6.33. The lowest BCUT2D eigenvalue weighted by Crippen LogP contribution is -2.33. The molecule has 5 heteroatoms. The lowest BCUT2D eigenvalue weighted by atomic mass is 9.99. The fourth-order valence-electron chi connectivity index (χ4n) is 3.13. The van der Waals surface area contributed by atoms with Crippen LogP contribution in [0, 0.1) is 12.8 Å². The van der Waals surface area contributed by atoms with Gasteiger partial charge in [0.2, 0.25) is 0 Å². The van der Waals surface area contributed by atoms with Crippen molar-refractivity contribution in [2.75, 3.05) is 18.4 Å². The van der Waals surface area contributed by atoms with E-state index < -0.39 is 0 Å². The first-order valence-electron chi connectivity index (χ1n) is 8.12. The Kier molecular flexibility index (Phi) is 4.95. The van der Waals surface area contributed by atoms with Crippen molar-refractivity contribution in [3.8, 4) is 5.75 Å². The first kappa shape index (κ1) is 16.7. The second-order valence-corrected chi connectivity index (χ2v) is 6.74. The van der Waals surface area contributed by atoms with Crippen LogP contribution in [-0.2, 0) is 6.42 Å². The molecule has 2 N–H and O–H groups in total. The maximum absolute atomic E-state index is 12.5. The summed E-state index contributed by atoms with van der Waals surface area (Å²) in [4.78, 5) is 14.3. The molecule has 4 nitrogen and oxygen atoms in total. The minimum absolute atomic E-state index is 0.0978. The Balaban J connectivity index is 1.59. The van der Waals surface area contributed by atoms with E-state index in [9.17, 15) is 9.90 Å². The van der Waals surface area contributed by atoms with Gasteiger partial charge < -0.3 is 15.3 Å². The van der Waals surface area contributed by atoms with Crippen LogP contribution in [0.1, 0.15) is 17.5 Å². The van der Waals surface area contributed by atoms with E-state index >= 15 is 0 Å².